The molecule has 14 heteroatoms. The lowest BCUT2D eigenvalue weighted by atomic mass is 9.78. The van der Waals surface area contributed by atoms with Crippen LogP contribution in [0.2, 0.25) is 0 Å². The predicted molar refractivity (Wildman–Crippen MR) is 218 cm³/mol. The minimum Gasteiger partial charge on any atom is -0.507 e. The maximum atomic E-state index is 14.6. The zero-order valence-corrected chi connectivity index (χ0v) is 35.5. The lowest BCUT2D eigenvalue weighted by molar-refractivity contribution is -0.114. The third-order valence-corrected chi connectivity index (χ3v) is 12.9. The molecule has 1 amide bonds. The molecule has 0 radical (unpaired) electrons. The highest BCUT2D eigenvalue weighted by molar-refractivity contribution is 6.21. The molecule has 4 aliphatic heterocycles. The van der Waals surface area contributed by atoms with Crippen LogP contribution in [-0.4, -0.2) is 104 Å². The number of Topliss-reactive ketones (excluding diaryl/α,β-unsaturated/α-hetero) is 1. The van der Waals surface area contributed by atoms with E-state index in [0.717, 1.165) is 0 Å². The van der Waals surface area contributed by atoms with Gasteiger partial charge in [0.2, 0.25) is 0 Å². The van der Waals surface area contributed by atoms with E-state index in [1.54, 1.807) is 65.8 Å². The number of ketones is 1. The number of methoxy groups -OCH3 is 1. The SMILES string of the molecule is CO[C@H]1/C=C\O[C@@]2(C)Oc3c(C)c(O)c4c(O)c(c5c(c4c3C2=O)NC2(CCN(C(C)(C)C)CC2)N=5)=NC(=O)/C(C)=C\C=C/[C@H](C)[C@H](O)[C@@H](C)[C@@H](O)[C@@H](C)[C@H](O)[C@@H]1C. The Balaban J connectivity index is 1.56. The molecule has 316 valence electrons. The lowest BCUT2D eigenvalue weighted by Crippen LogP contribution is -2.52. The molecule has 58 heavy (non-hydrogen) atoms. The van der Waals surface area contributed by atoms with Crippen molar-refractivity contribution in [1.82, 2.24) is 4.90 Å². The number of phenolic OH excluding ortho intramolecular Hbond substituents is 2. The second kappa shape index (κ2) is 15.7. The van der Waals surface area contributed by atoms with Crippen LogP contribution in [0.15, 0.2) is 46.1 Å². The molecule has 6 N–H and O–H groups in total. The number of phenols is 2. The summed E-state index contributed by atoms with van der Waals surface area (Å²) in [6.07, 6.45) is 4.96. The number of hydrogen-bond acceptors (Lipinski definition) is 13. The van der Waals surface area contributed by atoms with Gasteiger partial charge in [0.05, 0.1) is 47.3 Å². The molecule has 1 fully saturated rings. The van der Waals surface area contributed by atoms with Crippen molar-refractivity contribution >= 4 is 28.2 Å². The van der Waals surface area contributed by atoms with Crippen molar-refractivity contribution < 1.29 is 49.3 Å². The molecule has 4 aliphatic rings. The van der Waals surface area contributed by atoms with E-state index in [4.69, 9.17) is 19.2 Å². The van der Waals surface area contributed by atoms with Gasteiger partial charge >= 0.3 is 5.79 Å². The van der Waals surface area contributed by atoms with E-state index in [0.29, 0.717) is 31.6 Å². The van der Waals surface area contributed by atoms with Gasteiger partial charge in [-0.05, 0) is 40.7 Å². The van der Waals surface area contributed by atoms with Crippen molar-refractivity contribution in [2.45, 2.75) is 123 Å². The van der Waals surface area contributed by atoms with Crippen molar-refractivity contribution in [3.05, 3.63) is 58.0 Å². The van der Waals surface area contributed by atoms with Gasteiger partial charge in [-0.3, -0.25) is 19.5 Å². The Morgan fingerprint density at radius 1 is 0.897 bits per heavy atom. The number of ether oxygens (including phenoxy) is 3. The number of allylic oxidation sites excluding steroid dienone is 2. The molecule has 0 aliphatic carbocycles. The second-order valence-corrected chi connectivity index (χ2v) is 17.9. The van der Waals surface area contributed by atoms with Gasteiger partial charge in [-0.25, -0.2) is 4.99 Å². The number of benzene rings is 2. The van der Waals surface area contributed by atoms with E-state index in [-0.39, 0.29) is 55.2 Å². The number of fused-ring (bicyclic) bond motifs is 1. The fraction of sp³-hybridized carbons (Fsp3) is 0.591. The number of piperidine rings is 1. The number of likely N-dealkylation sites (tertiary alicyclic amines) is 1. The average molecular weight is 805 g/mol. The van der Waals surface area contributed by atoms with Gasteiger partial charge in [-0.15, -0.1) is 0 Å². The van der Waals surface area contributed by atoms with E-state index in [1.807, 2.05) is 0 Å². The molecular formula is C44H60N4O10. The first-order valence-electron chi connectivity index (χ1n) is 20.2. The fourth-order valence-electron chi connectivity index (χ4n) is 8.77. The largest absolute Gasteiger partial charge is 0.507 e. The molecule has 2 aromatic carbocycles. The third-order valence-electron chi connectivity index (χ3n) is 12.9. The Bertz CT molecular complexity index is 2200. The number of hydrogen-bond donors (Lipinski definition) is 6. The van der Waals surface area contributed by atoms with E-state index < -0.39 is 77.0 Å². The fourth-order valence-corrected chi connectivity index (χ4v) is 8.77. The van der Waals surface area contributed by atoms with Gasteiger partial charge in [-0.1, -0.05) is 45.9 Å². The van der Waals surface area contributed by atoms with Gasteiger partial charge < -0.3 is 45.1 Å². The molecular weight excluding hydrogens is 745 g/mol. The summed E-state index contributed by atoms with van der Waals surface area (Å²) in [7, 11) is 1.47. The molecule has 0 unspecified atom stereocenters. The number of anilines is 1. The Kier molecular flexibility index (Phi) is 11.7. The van der Waals surface area contributed by atoms with Crippen molar-refractivity contribution in [3.63, 3.8) is 0 Å². The number of carbonyl (C=O) groups excluding carboxylic acids is 2. The summed E-state index contributed by atoms with van der Waals surface area (Å²) in [4.78, 5) is 40.3. The smallest absolute Gasteiger partial charge is 0.312 e. The first-order chi connectivity index (χ1) is 27.1. The number of nitrogens with zero attached hydrogens (tertiary/aromatic N) is 3. The summed E-state index contributed by atoms with van der Waals surface area (Å²) in [5.74, 6) is -6.34. The van der Waals surface area contributed by atoms with Gasteiger partial charge in [-0.2, -0.15) is 0 Å². The van der Waals surface area contributed by atoms with Crippen LogP contribution in [0.5, 0.6) is 17.2 Å². The standard InChI is InChI=1S/C44H60N4O10/c1-21-13-12-14-22(2)41(55)45-33-32-31(46-44(47-32)16-18-48(19-17-44)42(7,8)9)28-29(38(33)53)37(52)26(6)39-30(28)40(54)43(10,58-39)57-20-15-27(56-11)23(3)35(50)25(5)36(51)24(4)34(21)49/h12-15,20-21,23-25,27,34-36,46,49-53H,16-19H2,1-11H3/b13-12-,20-15-,22-14-,45-33?/t21-,23+,24+,25-,27-,34-,35+,36+,43-/m0/s1. The van der Waals surface area contributed by atoms with Gasteiger partial charge in [0, 0.05) is 85.7 Å². The quantitative estimate of drug-likeness (QED) is 0.223. The third kappa shape index (κ3) is 7.42. The van der Waals surface area contributed by atoms with E-state index in [9.17, 15) is 35.1 Å². The van der Waals surface area contributed by atoms with Crippen LogP contribution in [0.1, 0.15) is 91.1 Å². The Labute approximate surface area is 339 Å². The molecule has 14 nitrogen and oxygen atoms in total. The topological polar surface area (TPSA) is 203 Å². The van der Waals surface area contributed by atoms with E-state index in [1.165, 1.54) is 20.3 Å². The van der Waals surface area contributed by atoms with Crippen LogP contribution >= 0.6 is 0 Å². The van der Waals surface area contributed by atoms with Crippen LogP contribution < -0.4 is 20.8 Å². The minimum absolute atomic E-state index is 0.0634. The lowest BCUT2D eigenvalue weighted by Gasteiger charge is -2.44. The number of nitrogens with one attached hydrogen (secondary N) is 1. The van der Waals surface area contributed by atoms with Crippen molar-refractivity contribution in [2.75, 3.05) is 25.5 Å². The van der Waals surface area contributed by atoms with Crippen LogP contribution in [0, 0.1) is 30.6 Å². The molecule has 6 rings (SSSR count). The number of rotatable bonds is 1. The van der Waals surface area contributed by atoms with Crippen molar-refractivity contribution in [1.29, 1.82) is 0 Å². The summed E-state index contributed by atoms with van der Waals surface area (Å²) in [6.45, 7) is 19.4. The second-order valence-electron chi connectivity index (χ2n) is 17.9. The first-order valence-corrected chi connectivity index (χ1v) is 20.2. The number of aliphatic hydroxyl groups is 3. The van der Waals surface area contributed by atoms with Crippen LogP contribution in [-0.2, 0) is 14.3 Å². The first kappa shape index (κ1) is 43.2. The highest BCUT2D eigenvalue weighted by Crippen LogP contribution is 2.51. The normalized spacial score (nSPS) is 34.1. The molecule has 9 atom stereocenters. The van der Waals surface area contributed by atoms with Crippen LogP contribution in [0.4, 0.5) is 5.69 Å². The summed E-state index contributed by atoms with van der Waals surface area (Å²) in [5, 5.41) is 61.5. The zero-order valence-electron chi connectivity index (χ0n) is 35.5. The van der Waals surface area contributed by atoms with Crippen molar-refractivity contribution in [2.24, 2.45) is 33.7 Å². The van der Waals surface area contributed by atoms with Gasteiger partial charge in [0.1, 0.15) is 27.9 Å². The highest BCUT2D eigenvalue weighted by Gasteiger charge is 2.51. The monoisotopic (exact) mass is 804 g/mol. The van der Waals surface area contributed by atoms with Crippen LogP contribution in [0.3, 0.4) is 0 Å². The average Bonchev–Trinajstić information content (AvgIpc) is 3.67. The molecule has 0 saturated carbocycles. The molecule has 4 bridgehead atoms. The maximum absolute atomic E-state index is 14.6. The number of amides is 1. The Morgan fingerprint density at radius 2 is 1.52 bits per heavy atom. The summed E-state index contributed by atoms with van der Waals surface area (Å²) >= 11 is 0. The number of aromatic hydroxyl groups is 2. The summed E-state index contributed by atoms with van der Waals surface area (Å²) < 4.78 is 18.0. The molecule has 0 aromatic heterocycles. The minimum atomic E-state index is -1.92. The van der Waals surface area contributed by atoms with Gasteiger partial charge in [0.15, 0.2) is 5.75 Å². The Morgan fingerprint density at radius 3 is 2.14 bits per heavy atom. The molecule has 1 saturated heterocycles. The van der Waals surface area contributed by atoms with Crippen LogP contribution in [0.25, 0.3) is 10.8 Å². The molecule has 4 heterocycles. The van der Waals surface area contributed by atoms with Gasteiger partial charge in [0.25, 0.3) is 11.7 Å². The van der Waals surface area contributed by atoms with E-state index in [2.05, 4.69) is 36.0 Å². The maximum Gasteiger partial charge on any atom is 0.312 e. The summed E-state index contributed by atoms with van der Waals surface area (Å²) in [6, 6.07) is 0. The van der Waals surface area contributed by atoms with Crippen molar-refractivity contribution in [3.8, 4) is 17.2 Å². The molecule has 1 spiro atoms. The van der Waals surface area contributed by atoms with E-state index >= 15 is 0 Å². The number of aliphatic hydroxyl groups excluding tert-OH is 3. The molecule has 2 aromatic rings. The zero-order chi connectivity index (χ0) is 42.8. The summed E-state index contributed by atoms with van der Waals surface area (Å²) in [5.41, 5.74) is -0.166. The number of carbonyl (C=O) groups is 2. The predicted octanol–water partition coefficient (Wildman–Crippen LogP) is 4.32. The Hall–Kier alpha value is -4.34. The highest BCUT2D eigenvalue weighted by atomic mass is 16.7.